The molecule has 2 heterocycles. The van der Waals surface area contributed by atoms with E-state index in [0.717, 1.165) is 17.5 Å². The highest BCUT2D eigenvalue weighted by molar-refractivity contribution is 7.86. The van der Waals surface area contributed by atoms with Crippen molar-refractivity contribution in [1.29, 1.82) is 0 Å². The molecule has 0 fully saturated rings. The van der Waals surface area contributed by atoms with Crippen LogP contribution in [0.1, 0.15) is 15.9 Å². The molecule has 1 aliphatic heterocycles. The molecule has 0 aliphatic carbocycles. The van der Waals surface area contributed by atoms with Crippen LogP contribution in [0.5, 0.6) is 0 Å². The van der Waals surface area contributed by atoms with Crippen LogP contribution in [0, 0.1) is 5.82 Å². The Morgan fingerprint density at radius 1 is 0.941 bits per heavy atom. The van der Waals surface area contributed by atoms with Gasteiger partial charge in [0.05, 0.1) is 4.90 Å². The number of rotatable bonds is 5. The molecule has 6 nitrogen and oxygen atoms in total. The summed E-state index contributed by atoms with van der Waals surface area (Å²) in [6.45, 7) is 0.584. The number of benzene rings is 3. The second kappa shape index (κ2) is 9.07. The van der Waals surface area contributed by atoms with Gasteiger partial charge in [-0.05, 0) is 53.9 Å². The highest BCUT2D eigenvalue weighted by Crippen LogP contribution is 2.33. The van der Waals surface area contributed by atoms with Crippen molar-refractivity contribution in [2.24, 2.45) is 0 Å². The van der Waals surface area contributed by atoms with Crippen molar-refractivity contribution in [3.63, 3.8) is 0 Å². The molecule has 1 atom stereocenters. The summed E-state index contributed by atoms with van der Waals surface area (Å²) < 4.78 is 30.5. The van der Waals surface area contributed by atoms with Gasteiger partial charge in [0.1, 0.15) is 22.6 Å². The first-order valence-electron chi connectivity index (χ1n) is 10.7. The Labute approximate surface area is 198 Å². The number of nitrogen functional groups attached to an aromatic ring is 1. The lowest BCUT2D eigenvalue weighted by Gasteiger charge is -2.18. The van der Waals surface area contributed by atoms with E-state index in [2.05, 4.69) is 15.0 Å². The number of nitrogens with one attached hydrogen (secondary N) is 2. The van der Waals surface area contributed by atoms with E-state index in [0.29, 0.717) is 45.2 Å². The number of hydrogen-bond acceptors (Lipinski definition) is 4. The Morgan fingerprint density at radius 3 is 2.53 bits per heavy atom. The molecule has 5 rings (SSSR count). The predicted octanol–water partition coefficient (Wildman–Crippen LogP) is 4.56. The quantitative estimate of drug-likeness (QED) is 0.397. The van der Waals surface area contributed by atoms with Crippen LogP contribution < -0.4 is 15.8 Å². The van der Waals surface area contributed by atoms with Gasteiger partial charge < -0.3 is 15.8 Å². The van der Waals surface area contributed by atoms with E-state index in [-0.39, 0.29) is 5.91 Å². The van der Waals surface area contributed by atoms with Crippen LogP contribution in [-0.4, -0.2) is 21.6 Å². The van der Waals surface area contributed by atoms with Crippen molar-refractivity contribution in [3.8, 4) is 22.3 Å². The number of nitrogens with zero attached hydrogens (tertiary/aromatic N) is 1. The molecule has 0 saturated heterocycles. The van der Waals surface area contributed by atoms with Gasteiger partial charge in [0.2, 0.25) is 0 Å². The highest BCUT2D eigenvalue weighted by atomic mass is 32.2. The highest BCUT2D eigenvalue weighted by Gasteiger charge is 2.18. The number of aromatic nitrogens is 1. The van der Waals surface area contributed by atoms with Crippen LogP contribution in [0.4, 0.5) is 15.9 Å². The fraction of sp³-hybridized carbons (Fsp3) is 0.0769. The van der Waals surface area contributed by atoms with E-state index in [4.69, 9.17) is 5.73 Å². The number of nitrogens with two attached hydrogens (primary N) is 1. The number of hydrogen-bond donors (Lipinski definition) is 3. The lowest BCUT2D eigenvalue weighted by atomic mass is 9.94. The minimum absolute atomic E-state index is 0.0889. The standard InChI is InChI=1S/C26H21FN4O2S/c27-24-14-20(34(33)31-19-4-2-1-3-5-19)7-9-21(24)18-13-23(25(28)30-15-18)16-6-8-22-17(12-16)10-11-29-26(22)32/h1-9,12-15,31H,10-11H2,(H2,28,30)(H,29,32). The largest absolute Gasteiger partial charge is 0.383 e. The zero-order valence-corrected chi connectivity index (χ0v) is 18.9. The third-order valence-electron chi connectivity index (χ3n) is 5.71. The summed E-state index contributed by atoms with van der Waals surface area (Å²) >= 11 is 0. The maximum absolute atomic E-state index is 15.1. The Morgan fingerprint density at radius 2 is 1.74 bits per heavy atom. The van der Waals surface area contributed by atoms with Crippen molar-refractivity contribution in [2.45, 2.75) is 11.3 Å². The zero-order valence-electron chi connectivity index (χ0n) is 18.0. The molecule has 1 amide bonds. The first kappa shape index (κ1) is 21.8. The van der Waals surface area contributed by atoms with Crippen molar-refractivity contribution in [2.75, 3.05) is 17.0 Å². The Hall–Kier alpha value is -4.04. The molecular weight excluding hydrogens is 451 g/mol. The monoisotopic (exact) mass is 472 g/mol. The molecule has 1 aliphatic rings. The molecule has 8 heteroatoms. The molecule has 0 saturated carbocycles. The van der Waals surface area contributed by atoms with Gasteiger partial charge in [-0.25, -0.2) is 13.6 Å². The number of fused-ring (bicyclic) bond motifs is 1. The number of anilines is 2. The van der Waals surface area contributed by atoms with Gasteiger partial charge in [-0.1, -0.05) is 36.4 Å². The minimum Gasteiger partial charge on any atom is -0.383 e. The van der Waals surface area contributed by atoms with Gasteiger partial charge in [0.25, 0.3) is 5.91 Å². The smallest absolute Gasteiger partial charge is 0.251 e. The van der Waals surface area contributed by atoms with E-state index < -0.39 is 16.8 Å². The normalized spacial score (nSPS) is 13.6. The molecule has 1 unspecified atom stereocenters. The average Bonchev–Trinajstić information content (AvgIpc) is 2.85. The number of pyridine rings is 1. The van der Waals surface area contributed by atoms with Crippen molar-refractivity contribution in [3.05, 3.63) is 95.9 Å². The zero-order chi connectivity index (χ0) is 23.7. The SMILES string of the molecule is Nc1ncc(-c2ccc(S(=O)Nc3ccccc3)cc2F)cc1-c1ccc2c(c1)CCNC2=O. The molecule has 4 aromatic rings. The number of carbonyl (C=O) groups excluding carboxylic acids is 1. The molecule has 34 heavy (non-hydrogen) atoms. The fourth-order valence-electron chi connectivity index (χ4n) is 3.97. The Kier molecular flexibility index (Phi) is 5.81. The maximum Gasteiger partial charge on any atom is 0.251 e. The first-order chi connectivity index (χ1) is 16.5. The third-order valence-corrected chi connectivity index (χ3v) is 6.81. The maximum atomic E-state index is 15.1. The predicted molar refractivity (Wildman–Crippen MR) is 132 cm³/mol. The molecule has 0 bridgehead atoms. The average molecular weight is 473 g/mol. The van der Waals surface area contributed by atoms with Crippen LogP contribution in [0.25, 0.3) is 22.3 Å². The molecular formula is C26H21FN4O2S. The van der Waals surface area contributed by atoms with Gasteiger partial charge in [-0.15, -0.1) is 0 Å². The Bertz CT molecular complexity index is 1430. The summed E-state index contributed by atoms with van der Waals surface area (Å²) in [5.74, 6) is -0.288. The summed E-state index contributed by atoms with van der Waals surface area (Å²) in [4.78, 5) is 16.6. The fourth-order valence-corrected chi connectivity index (χ4v) is 4.84. The minimum atomic E-state index is -1.61. The van der Waals surface area contributed by atoms with Gasteiger partial charge in [-0.2, -0.15) is 0 Å². The molecule has 3 aromatic carbocycles. The topological polar surface area (TPSA) is 97.1 Å². The summed E-state index contributed by atoms with van der Waals surface area (Å²) in [5, 5.41) is 2.83. The summed E-state index contributed by atoms with van der Waals surface area (Å²) in [6.07, 6.45) is 2.24. The van der Waals surface area contributed by atoms with E-state index in [1.54, 1.807) is 36.4 Å². The summed E-state index contributed by atoms with van der Waals surface area (Å²) in [6, 6.07) is 20.9. The second-order valence-electron chi connectivity index (χ2n) is 7.91. The summed E-state index contributed by atoms with van der Waals surface area (Å²) in [7, 11) is -1.61. The molecule has 170 valence electrons. The number of carbonyl (C=O) groups is 1. The Balaban J connectivity index is 1.45. The van der Waals surface area contributed by atoms with Gasteiger partial charge in [0.15, 0.2) is 0 Å². The van der Waals surface area contributed by atoms with E-state index in [1.807, 2.05) is 30.3 Å². The van der Waals surface area contributed by atoms with Crippen LogP contribution in [0.3, 0.4) is 0 Å². The number of halogens is 1. The third kappa shape index (κ3) is 4.27. The van der Waals surface area contributed by atoms with Crippen molar-refractivity contribution < 1.29 is 13.4 Å². The molecule has 4 N–H and O–H groups in total. The number of para-hydroxylation sites is 1. The van der Waals surface area contributed by atoms with Crippen LogP contribution in [0.15, 0.2) is 83.9 Å². The van der Waals surface area contributed by atoms with Crippen molar-refractivity contribution in [1.82, 2.24) is 10.3 Å². The molecule has 1 aromatic heterocycles. The lowest BCUT2D eigenvalue weighted by molar-refractivity contribution is 0.0946. The van der Waals surface area contributed by atoms with E-state index in [9.17, 15) is 9.00 Å². The van der Waals surface area contributed by atoms with Crippen LogP contribution >= 0.6 is 0 Å². The number of amides is 1. The first-order valence-corrected chi connectivity index (χ1v) is 11.8. The lowest BCUT2D eigenvalue weighted by Crippen LogP contribution is -2.31. The summed E-state index contributed by atoms with van der Waals surface area (Å²) in [5.41, 5.74) is 10.8. The van der Waals surface area contributed by atoms with E-state index in [1.165, 1.54) is 12.3 Å². The van der Waals surface area contributed by atoms with Crippen LogP contribution in [-0.2, 0) is 17.4 Å². The van der Waals surface area contributed by atoms with Gasteiger partial charge >= 0.3 is 0 Å². The van der Waals surface area contributed by atoms with Gasteiger partial charge in [0, 0.05) is 40.7 Å². The molecule has 0 radical (unpaired) electrons. The molecule has 0 spiro atoms. The second-order valence-corrected chi connectivity index (χ2v) is 9.13. The van der Waals surface area contributed by atoms with Crippen LogP contribution in [0.2, 0.25) is 0 Å². The van der Waals surface area contributed by atoms with Crippen molar-refractivity contribution >= 4 is 28.4 Å². The van der Waals surface area contributed by atoms with E-state index >= 15 is 4.39 Å². The van der Waals surface area contributed by atoms with Gasteiger partial charge in [-0.3, -0.25) is 4.79 Å².